The van der Waals surface area contributed by atoms with Gasteiger partial charge in [0.25, 0.3) is 0 Å². The van der Waals surface area contributed by atoms with E-state index in [1.807, 2.05) is 0 Å². The van der Waals surface area contributed by atoms with Crippen LogP contribution in [0.4, 0.5) is 0 Å². The fourth-order valence-corrected chi connectivity index (χ4v) is 2.16. The molecule has 1 aromatic rings. The smallest absolute Gasteiger partial charge is 0.310 e. The molecule has 0 aliphatic heterocycles. The van der Waals surface area contributed by atoms with Crippen molar-refractivity contribution in [3.05, 3.63) is 26.8 Å². The van der Waals surface area contributed by atoms with Crippen LogP contribution in [0.15, 0.2) is 17.0 Å². The largest absolute Gasteiger partial charge is 0.466 e. The molecule has 1 rings (SSSR count). The van der Waals surface area contributed by atoms with Gasteiger partial charge in [0.15, 0.2) is 0 Å². The highest BCUT2D eigenvalue weighted by molar-refractivity contribution is 14.1. The van der Waals surface area contributed by atoms with Gasteiger partial charge in [0.05, 0.1) is 18.6 Å². The normalized spacial score (nSPS) is 9.62. The first kappa shape index (κ1) is 13.3. The van der Waals surface area contributed by atoms with Crippen molar-refractivity contribution in [2.24, 2.45) is 0 Å². The molecule has 1 aromatic carbocycles. The van der Waals surface area contributed by atoms with E-state index in [0.717, 1.165) is 3.57 Å². The van der Waals surface area contributed by atoms with Crippen molar-refractivity contribution in [2.75, 3.05) is 6.61 Å². The van der Waals surface area contributed by atoms with Crippen LogP contribution in [0.5, 0.6) is 0 Å². The molecule has 0 heterocycles. The maximum absolute atomic E-state index is 11.4. The van der Waals surface area contributed by atoms with Gasteiger partial charge in [-0.3, -0.25) is 4.79 Å². The number of ether oxygens (including phenoxy) is 1. The van der Waals surface area contributed by atoms with E-state index in [1.54, 1.807) is 19.1 Å². The lowest BCUT2D eigenvalue weighted by atomic mass is 10.1. The summed E-state index contributed by atoms with van der Waals surface area (Å²) < 4.78 is 5.67. The molecule has 0 saturated carbocycles. The molecule has 84 valence electrons. The number of hydrogen-bond donors (Lipinski definition) is 1. The van der Waals surface area contributed by atoms with E-state index >= 15 is 0 Å². The van der Waals surface area contributed by atoms with Crippen LogP contribution < -0.4 is 0 Å². The standard InChI is InChI=1S/C11H10INO2S/c1-2-15-11(14)5-7-8(6-13)9(12)3-4-10(7)16/h3-4,16H,2,5H2,1H3. The van der Waals surface area contributed by atoms with E-state index in [4.69, 9.17) is 10.00 Å². The molecule has 0 radical (unpaired) electrons. The summed E-state index contributed by atoms with van der Waals surface area (Å²) in [4.78, 5) is 12.0. The Morgan fingerprint density at radius 2 is 2.31 bits per heavy atom. The minimum Gasteiger partial charge on any atom is -0.466 e. The molecule has 0 bridgehead atoms. The molecule has 3 nitrogen and oxygen atoms in total. The van der Waals surface area contributed by atoms with Gasteiger partial charge < -0.3 is 4.74 Å². The van der Waals surface area contributed by atoms with Crippen molar-refractivity contribution in [1.82, 2.24) is 0 Å². The van der Waals surface area contributed by atoms with Crippen molar-refractivity contribution >= 4 is 41.2 Å². The Labute approximate surface area is 113 Å². The Morgan fingerprint density at radius 3 is 2.88 bits per heavy atom. The van der Waals surface area contributed by atoms with Crippen LogP contribution in [-0.4, -0.2) is 12.6 Å². The van der Waals surface area contributed by atoms with Gasteiger partial charge in [0, 0.05) is 8.47 Å². The SMILES string of the molecule is CCOC(=O)Cc1c(S)ccc(I)c1C#N. The molecule has 0 atom stereocenters. The van der Waals surface area contributed by atoms with Crippen LogP contribution in [0.2, 0.25) is 0 Å². The Hall–Kier alpha value is -0.740. The number of rotatable bonds is 3. The number of hydrogen-bond acceptors (Lipinski definition) is 4. The molecule has 16 heavy (non-hydrogen) atoms. The van der Waals surface area contributed by atoms with E-state index in [2.05, 4.69) is 41.3 Å². The van der Waals surface area contributed by atoms with E-state index in [-0.39, 0.29) is 12.4 Å². The monoisotopic (exact) mass is 347 g/mol. The lowest BCUT2D eigenvalue weighted by Crippen LogP contribution is -2.10. The fourth-order valence-electron chi connectivity index (χ4n) is 1.26. The number of carbonyl (C=O) groups is 1. The zero-order valence-corrected chi connectivity index (χ0v) is 11.7. The highest BCUT2D eigenvalue weighted by Gasteiger charge is 2.14. The molecule has 0 aliphatic carbocycles. The molecule has 0 aromatic heterocycles. The summed E-state index contributed by atoms with van der Waals surface area (Å²) in [6, 6.07) is 5.67. The Kier molecular flexibility index (Phi) is 5.09. The summed E-state index contributed by atoms with van der Waals surface area (Å²) in [6.07, 6.45) is 0.0897. The molecule has 0 fully saturated rings. The van der Waals surface area contributed by atoms with Crippen LogP contribution in [0.3, 0.4) is 0 Å². The minimum atomic E-state index is -0.337. The number of halogens is 1. The van der Waals surface area contributed by atoms with E-state index in [1.165, 1.54) is 0 Å². The number of nitriles is 1. The van der Waals surface area contributed by atoms with Crippen molar-refractivity contribution in [3.63, 3.8) is 0 Å². The van der Waals surface area contributed by atoms with Crippen LogP contribution in [0.25, 0.3) is 0 Å². The molecule has 0 amide bonds. The fraction of sp³-hybridized carbons (Fsp3) is 0.273. The van der Waals surface area contributed by atoms with Crippen LogP contribution in [0.1, 0.15) is 18.1 Å². The Bertz CT molecular complexity index is 454. The van der Waals surface area contributed by atoms with Gasteiger partial charge in [-0.05, 0) is 47.2 Å². The summed E-state index contributed by atoms with van der Waals surface area (Å²) in [6.45, 7) is 2.09. The van der Waals surface area contributed by atoms with Gasteiger partial charge in [-0.15, -0.1) is 12.6 Å². The summed E-state index contributed by atoms with van der Waals surface area (Å²) >= 11 is 6.31. The van der Waals surface area contributed by atoms with Gasteiger partial charge in [0.1, 0.15) is 6.07 Å². The zero-order chi connectivity index (χ0) is 12.1. The van der Waals surface area contributed by atoms with E-state index < -0.39 is 0 Å². The zero-order valence-electron chi connectivity index (χ0n) is 8.66. The molecule has 5 heteroatoms. The molecule has 0 N–H and O–H groups in total. The summed E-state index contributed by atoms with van der Waals surface area (Å²) in [5, 5.41) is 9.03. The Balaban J connectivity index is 3.08. The number of esters is 1. The average molecular weight is 347 g/mol. The van der Waals surface area contributed by atoms with Crippen LogP contribution in [0, 0.1) is 14.9 Å². The van der Waals surface area contributed by atoms with Crippen molar-refractivity contribution < 1.29 is 9.53 Å². The lowest BCUT2D eigenvalue weighted by Gasteiger charge is -2.08. The molecular weight excluding hydrogens is 337 g/mol. The first-order valence-corrected chi connectivity index (χ1v) is 6.18. The lowest BCUT2D eigenvalue weighted by molar-refractivity contribution is -0.142. The van der Waals surface area contributed by atoms with Crippen molar-refractivity contribution in [3.8, 4) is 6.07 Å². The average Bonchev–Trinajstić information content (AvgIpc) is 2.24. The maximum Gasteiger partial charge on any atom is 0.310 e. The van der Waals surface area contributed by atoms with Gasteiger partial charge in [-0.2, -0.15) is 5.26 Å². The number of carbonyl (C=O) groups excluding carboxylic acids is 1. The highest BCUT2D eigenvalue weighted by Crippen LogP contribution is 2.23. The third kappa shape index (κ3) is 3.12. The first-order chi connectivity index (χ1) is 7.60. The number of thiol groups is 1. The minimum absolute atomic E-state index is 0.0897. The van der Waals surface area contributed by atoms with Crippen molar-refractivity contribution in [1.29, 1.82) is 5.26 Å². The van der Waals surface area contributed by atoms with Crippen LogP contribution in [-0.2, 0) is 16.0 Å². The van der Waals surface area contributed by atoms with Crippen molar-refractivity contribution in [2.45, 2.75) is 18.2 Å². The predicted molar refractivity (Wildman–Crippen MR) is 71.5 cm³/mol. The molecule has 0 aliphatic rings. The molecule has 0 unspecified atom stereocenters. The molecule has 0 saturated heterocycles. The van der Waals surface area contributed by atoms with Gasteiger partial charge in [0.2, 0.25) is 0 Å². The van der Waals surface area contributed by atoms with Gasteiger partial charge >= 0.3 is 5.97 Å². The summed E-state index contributed by atoms with van der Waals surface area (Å²) in [5.41, 5.74) is 1.14. The number of nitrogens with zero attached hydrogens (tertiary/aromatic N) is 1. The third-order valence-corrected chi connectivity index (χ3v) is 3.29. The molecular formula is C11H10INO2S. The van der Waals surface area contributed by atoms with E-state index in [0.29, 0.717) is 22.6 Å². The highest BCUT2D eigenvalue weighted by atomic mass is 127. The topological polar surface area (TPSA) is 50.1 Å². The second kappa shape index (κ2) is 6.11. The maximum atomic E-state index is 11.4. The predicted octanol–water partition coefficient (Wildman–Crippen LogP) is 2.56. The van der Waals surface area contributed by atoms with Gasteiger partial charge in [-0.25, -0.2) is 0 Å². The quantitative estimate of drug-likeness (QED) is 0.519. The second-order valence-electron chi connectivity index (χ2n) is 3.01. The second-order valence-corrected chi connectivity index (χ2v) is 4.66. The third-order valence-electron chi connectivity index (χ3n) is 1.98. The van der Waals surface area contributed by atoms with Crippen LogP contribution >= 0.6 is 35.2 Å². The molecule has 0 spiro atoms. The summed E-state index contributed by atoms with van der Waals surface area (Å²) in [5.74, 6) is -0.337. The van der Waals surface area contributed by atoms with E-state index in [9.17, 15) is 4.79 Å². The van der Waals surface area contributed by atoms with Gasteiger partial charge in [-0.1, -0.05) is 0 Å². The number of benzene rings is 1. The summed E-state index contributed by atoms with van der Waals surface area (Å²) in [7, 11) is 0. The Morgan fingerprint density at radius 1 is 1.62 bits per heavy atom. The first-order valence-electron chi connectivity index (χ1n) is 4.66.